The number of amides is 1. The standard InChI is InChI=1S/C23H30N3O2/c1-7-12-26(6,18-9-10-18)23(27)20-16(4)24-25-21(17(5)28-22(20)25)19-11-8-14(2)13-15(19)3/h8,11,13,18H,7,9-10,12H2,1-6H3/q+1. The summed E-state index contributed by atoms with van der Waals surface area (Å²) in [6.07, 6.45) is 3.22. The zero-order valence-electron chi connectivity index (χ0n) is 17.8. The van der Waals surface area contributed by atoms with E-state index in [4.69, 9.17) is 9.52 Å². The van der Waals surface area contributed by atoms with Crippen molar-refractivity contribution in [2.75, 3.05) is 13.6 Å². The zero-order chi connectivity index (χ0) is 20.2. The van der Waals surface area contributed by atoms with Gasteiger partial charge in [-0.15, -0.1) is 0 Å². The van der Waals surface area contributed by atoms with Crippen LogP contribution in [0.25, 0.3) is 17.0 Å². The maximum Gasteiger partial charge on any atom is 0.353 e. The third-order valence-electron chi connectivity index (χ3n) is 6.17. The summed E-state index contributed by atoms with van der Waals surface area (Å²) >= 11 is 0. The molecular formula is C23H30N3O2+. The van der Waals surface area contributed by atoms with E-state index in [9.17, 15) is 4.79 Å². The fourth-order valence-electron chi connectivity index (χ4n) is 4.54. The highest BCUT2D eigenvalue weighted by Crippen LogP contribution is 2.37. The molecule has 5 heteroatoms. The zero-order valence-corrected chi connectivity index (χ0v) is 17.8. The summed E-state index contributed by atoms with van der Waals surface area (Å²) in [4.78, 5) is 13.7. The predicted molar refractivity (Wildman–Crippen MR) is 111 cm³/mol. The van der Waals surface area contributed by atoms with Crippen molar-refractivity contribution in [2.45, 2.75) is 59.9 Å². The molecule has 1 unspecified atom stereocenters. The molecule has 2 aromatic heterocycles. The van der Waals surface area contributed by atoms with Crippen LogP contribution in [0.2, 0.25) is 0 Å². The normalized spacial score (nSPS) is 16.5. The largest absolute Gasteiger partial charge is 0.440 e. The molecule has 4 rings (SSSR count). The lowest BCUT2D eigenvalue weighted by molar-refractivity contribution is -0.840. The summed E-state index contributed by atoms with van der Waals surface area (Å²) in [5.74, 6) is 0.928. The van der Waals surface area contributed by atoms with Crippen LogP contribution < -0.4 is 0 Å². The molecule has 1 aromatic carbocycles. The molecule has 0 N–H and O–H groups in total. The molecule has 1 amide bonds. The number of rotatable bonds is 5. The summed E-state index contributed by atoms with van der Waals surface area (Å²) in [6.45, 7) is 11.1. The Balaban J connectivity index is 1.88. The van der Waals surface area contributed by atoms with Crippen molar-refractivity contribution in [3.8, 4) is 11.3 Å². The first-order valence-electron chi connectivity index (χ1n) is 10.2. The maximum absolute atomic E-state index is 13.7. The van der Waals surface area contributed by atoms with Gasteiger partial charge in [0.25, 0.3) is 0 Å². The summed E-state index contributed by atoms with van der Waals surface area (Å²) in [5.41, 5.74) is 6.40. The Morgan fingerprint density at radius 3 is 2.57 bits per heavy atom. The average Bonchev–Trinajstić information content (AvgIpc) is 3.38. The molecule has 148 valence electrons. The fourth-order valence-corrected chi connectivity index (χ4v) is 4.54. The number of hydrogen-bond donors (Lipinski definition) is 0. The second-order valence-electron chi connectivity index (χ2n) is 8.53. The van der Waals surface area contributed by atoms with E-state index in [1.54, 1.807) is 0 Å². The van der Waals surface area contributed by atoms with Crippen LogP contribution in [0.5, 0.6) is 0 Å². The molecule has 28 heavy (non-hydrogen) atoms. The quantitative estimate of drug-likeness (QED) is 0.586. The molecule has 0 radical (unpaired) electrons. The Labute approximate surface area is 166 Å². The molecule has 1 atom stereocenters. The van der Waals surface area contributed by atoms with E-state index in [1.165, 1.54) is 11.1 Å². The van der Waals surface area contributed by atoms with Gasteiger partial charge in [0.15, 0.2) is 5.56 Å². The summed E-state index contributed by atoms with van der Waals surface area (Å²) in [7, 11) is 2.08. The van der Waals surface area contributed by atoms with Crippen molar-refractivity contribution < 1.29 is 13.7 Å². The van der Waals surface area contributed by atoms with E-state index in [-0.39, 0.29) is 5.91 Å². The van der Waals surface area contributed by atoms with Gasteiger partial charge in [0.1, 0.15) is 11.5 Å². The van der Waals surface area contributed by atoms with E-state index < -0.39 is 0 Å². The van der Waals surface area contributed by atoms with E-state index in [0.29, 0.717) is 21.8 Å². The average molecular weight is 381 g/mol. The van der Waals surface area contributed by atoms with E-state index >= 15 is 0 Å². The number of aromatic nitrogens is 2. The van der Waals surface area contributed by atoms with Crippen molar-refractivity contribution in [3.63, 3.8) is 0 Å². The molecule has 1 aliphatic rings. The van der Waals surface area contributed by atoms with Crippen molar-refractivity contribution in [1.29, 1.82) is 0 Å². The maximum atomic E-state index is 13.7. The molecular weight excluding hydrogens is 350 g/mol. The number of hydrogen-bond acceptors (Lipinski definition) is 3. The van der Waals surface area contributed by atoms with Gasteiger partial charge in [0, 0.05) is 18.4 Å². The predicted octanol–water partition coefficient (Wildman–Crippen LogP) is 4.99. The summed E-state index contributed by atoms with van der Waals surface area (Å²) < 4.78 is 8.44. The minimum Gasteiger partial charge on any atom is -0.440 e. The molecule has 1 fully saturated rings. The highest BCUT2D eigenvalue weighted by molar-refractivity contribution is 5.97. The first-order chi connectivity index (χ1) is 13.3. The lowest BCUT2D eigenvalue weighted by atomic mass is 10.0. The Hall–Kier alpha value is -2.40. The van der Waals surface area contributed by atoms with Gasteiger partial charge in [-0.2, -0.15) is 9.61 Å². The molecule has 2 heterocycles. The Morgan fingerprint density at radius 1 is 1.25 bits per heavy atom. The summed E-state index contributed by atoms with van der Waals surface area (Å²) in [5, 5.41) is 4.74. The molecule has 5 nitrogen and oxygen atoms in total. The van der Waals surface area contributed by atoms with Gasteiger partial charge in [0.05, 0.1) is 25.3 Å². The third-order valence-corrected chi connectivity index (χ3v) is 6.17. The van der Waals surface area contributed by atoms with Gasteiger partial charge >= 0.3 is 5.91 Å². The first kappa shape index (κ1) is 18.9. The monoisotopic (exact) mass is 380 g/mol. The first-order valence-corrected chi connectivity index (χ1v) is 10.2. The molecule has 3 aromatic rings. The Morgan fingerprint density at radius 2 is 1.96 bits per heavy atom. The molecule has 1 aliphatic carbocycles. The van der Waals surface area contributed by atoms with Gasteiger partial charge < -0.3 is 4.42 Å². The third kappa shape index (κ3) is 2.80. The number of oxazole rings is 1. The number of carbonyl (C=O) groups excluding carboxylic acids is 1. The molecule has 0 aliphatic heterocycles. The van der Waals surface area contributed by atoms with Crippen LogP contribution in [0.1, 0.15) is 59.1 Å². The van der Waals surface area contributed by atoms with Gasteiger partial charge in [-0.25, -0.2) is 4.79 Å². The van der Waals surface area contributed by atoms with Crippen LogP contribution >= 0.6 is 0 Å². The number of benzene rings is 1. The number of fused-ring (bicyclic) bond motifs is 1. The van der Waals surface area contributed by atoms with Gasteiger partial charge in [-0.05, 0) is 39.7 Å². The van der Waals surface area contributed by atoms with Crippen LogP contribution in [0.15, 0.2) is 22.6 Å². The van der Waals surface area contributed by atoms with E-state index in [1.807, 2.05) is 18.4 Å². The van der Waals surface area contributed by atoms with Crippen LogP contribution in [-0.2, 0) is 0 Å². The highest BCUT2D eigenvalue weighted by Gasteiger charge is 2.48. The fraction of sp³-hybridized carbons (Fsp3) is 0.478. The molecule has 0 bridgehead atoms. The van der Waals surface area contributed by atoms with Crippen molar-refractivity contribution in [1.82, 2.24) is 9.61 Å². The van der Waals surface area contributed by atoms with E-state index in [0.717, 1.165) is 48.5 Å². The van der Waals surface area contributed by atoms with Crippen molar-refractivity contribution >= 4 is 11.6 Å². The Bertz CT molecular complexity index is 1070. The molecule has 0 saturated heterocycles. The molecule has 0 spiro atoms. The smallest absolute Gasteiger partial charge is 0.353 e. The number of carbonyl (C=O) groups is 1. The number of aryl methyl sites for hydroxylation is 4. The van der Waals surface area contributed by atoms with Gasteiger partial charge in [-0.1, -0.05) is 30.7 Å². The van der Waals surface area contributed by atoms with Crippen molar-refractivity contribution in [2.24, 2.45) is 0 Å². The minimum absolute atomic E-state index is 0.137. The van der Waals surface area contributed by atoms with Crippen LogP contribution in [0.4, 0.5) is 0 Å². The lowest BCUT2D eigenvalue weighted by Gasteiger charge is -2.31. The topological polar surface area (TPSA) is 47.5 Å². The van der Waals surface area contributed by atoms with Crippen LogP contribution in [0, 0.1) is 27.7 Å². The molecule has 1 saturated carbocycles. The van der Waals surface area contributed by atoms with E-state index in [2.05, 4.69) is 46.0 Å². The second kappa shape index (κ2) is 6.59. The SMILES string of the molecule is CCC[N+](C)(C(=O)c1c(C)nn2c(-c3ccc(C)cc3C)c(C)oc12)C1CC1. The van der Waals surface area contributed by atoms with Crippen LogP contribution in [0.3, 0.4) is 0 Å². The lowest BCUT2D eigenvalue weighted by Crippen LogP contribution is -2.51. The second-order valence-corrected chi connectivity index (χ2v) is 8.53. The highest BCUT2D eigenvalue weighted by atomic mass is 16.4. The van der Waals surface area contributed by atoms with Crippen molar-refractivity contribution in [3.05, 3.63) is 46.3 Å². The van der Waals surface area contributed by atoms with Gasteiger partial charge in [0.2, 0.25) is 5.71 Å². The van der Waals surface area contributed by atoms with Crippen LogP contribution in [-0.4, -0.2) is 39.6 Å². The Kier molecular flexibility index (Phi) is 4.46. The number of nitrogens with zero attached hydrogens (tertiary/aromatic N) is 3. The summed E-state index contributed by atoms with van der Waals surface area (Å²) in [6, 6.07) is 6.81. The van der Waals surface area contributed by atoms with Gasteiger partial charge in [-0.3, -0.25) is 4.48 Å². The number of quaternary nitrogens is 1. The minimum atomic E-state index is 0.137.